The van der Waals surface area contributed by atoms with Gasteiger partial charge >= 0.3 is 35.5 Å². The molecule has 0 radical (unpaired) electrons. The van der Waals surface area contributed by atoms with Gasteiger partial charge in [-0.25, -0.2) is 23.7 Å². The topological polar surface area (TPSA) is 252 Å². The molecule has 3 aliphatic heterocycles. The molecule has 4 atom stereocenters. The number of aryl methyl sites for hydroxylation is 1. The Morgan fingerprint density at radius 1 is 1.03 bits per heavy atom. The highest BCUT2D eigenvalue weighted by molar-refractivity contribution is 7.92. The third-order valence-electron chi connectivity index (χ3n) is 12.3. The number of carbonyl (C=O) groups is 6. The van der Waals surface area contributed by atoms with E-state index in [1.165, 1.54) is 16.7 Å². The molecular formula is C47H48B3ClN7O15S2+. The van der Waals surface area contributed by atoms with Gasteiger partial charge in [0.1, 0.15) is 73.9 Å². The van der Waals surface area contributed by atoms with E-state index in [1.807, 2.05) is 47.2 Å². The number of hydrogen-bond acceptors (Lipinski definition) is 18. The molecule has 22 nitrogen and oxygen atoms in total. The molecule has 3 aromatic carbocycles. The number of fused-ring (bicyclic) bond motifs is 2. The molecule has 5 heterocycles. The smallest absolute Gasteiger partial charge is 0.347 e. The Kier molecular flexibility index (Phi) is 17.4. The highest BCUT2D eigenvalue weighted by Crippen LogP contribution is 2.41. The van der Waals surface area contributed by atoms with Crippen LogP contribution in [0.5, 0.6) is 23.0 Å². The van der Waals surface area contributed by atoms with E-state index in [2.05, 4.69) is 20.1 Å². The van der Waals surface area contributed by atoms with E-state index in [0.29, 0.717) is 46.7 Å². The van der Waals surface area contributed by atoms with Gasteiger partial charge in [-0.15, -0.1) is 11.3 Å². The number of oxime groups is 1. The van der Waals surface area contributed by atoms with Crippen molar-refractivity contribution in [1.29, 1.82) is 0 Å². The number of methoxy groups -OCH3 is 2. The predicted molar refractivity (Wildman–Crippen MR) is 275 cm³/mol. The largest absolute Gasteiger partial charge is 0.614 e. The summed E-state index contributed by atoms with van der Waals surface area (Å²) in [5.41, 5.74) is 1.65. The second-order valence-corrected chi connectivity index (χ2v) is 19.8. The monoisotopic (exact) mass is 1080 g/mol. The average Bonchev–Trinajstić information content (AvgIpc) is 4.06. The van der Waals surface area contributed by atoms with E-state index in [9.17, 15) is 33.3 Å². The summed E-state index contributed by atoms with van der Waals surface area (Å²) in [6.07, 6.45) is 2.03. The molecular weight excluding hydrogens is 1030 g/mol. The third kappa shape index (κ3) is 11.9. The van der Waals surface area contributed by atoms with E-state index in [0.717, 1.165) is 32.1 Å². The first-order chi connectivity index (χ1) is 36.3. The minimum Gasteiger partial charge on any atom is -0.614 e. The number of β-lactam (4-membered cyclic amide) rings is 1. The fourth-order valence-corrected chi connectivity index (χ4v) is 11.0. The van der Waals surface area contributed by atoms with Crippen LogP contribution in [-0.4, -0.2) is 133 Å². The van der Waals surface area contributed by atoms with E-state index in [4.69, 9.17) is 44.7 Å². The van der Waals surface area contributed by atoms with Crippen molar-refractivity contribution in [3.05, 3.63) is 128 Å². The molecule has 1 saturated heterocycles. The van der Waals surface area contributed by atoms with Crippen LogP contribution in [0.3, 0.4) is 0 Å². The minimum absolute atomic E-state index is 0.0189. The Labute approximate surface area is 444 Å². The van der Waals surface area contributed by atoms with Crippen LogP contribution in [0.25, 0.3) is 0 Å². The lowest BCUT2D eigenvalue weighted by Crippen LogP contribution is -2.75. The van der Waals surface area contributed by atoms with Crippen LogP contribution in [0.4, 0.5) is 0 Å². The summed E-state index contributed by atoms with van der Waals surface area (Å²) in [7, 11) is 5.20. The number of amides is 3. The molecule has 28 heteroatoms. The van der Waals surface area contributed by atoms with Crippen molar-refractivity contribution in [2.75, 3.05) is 26.5 Å². The number of carbonyl (C=O) groups excluding carboxylic acids is 6. The van der Waals surface area contributed by atoms with Crippen molar-refractivity contribution in [3.63, 3.8) is 0 Å². The lowest BCUT2D eigenvalue weighted by atomic mass is 9.91. The summed E-state index contributed by atoms with van der Waals surface area (Å²) in [5.74, 6) is -1.50. The number of hydrogen-bond donors (Lipinski definition) is 1. The summed E-state index contributed by atoms with van der Waals surface area (Å²) in [5, 5.41) is 7.42. The molecule has 1 unspecified atom stereocenters. The highest BCUT2D eigenvalue weighted by Gasteiger charge is 2.61. The van der Waals surface area contributed by atoms with E-state index in [-0.39, 0.29) is 86.0 Å². The van der Waals surface area contributed by atoms with Crippen LogP contribution in [0, 0.1) is 6.92 Å². The van der Waals surface area contributed by atoms with Crippen LogP contribution in [0.2, 0.25) is 11.3 Å². The fourth-order valence-electron chi connectivity index (χ4n) is 8.40. The number of halogens is 1. The Morgan fingerprint density at radius 3 is 2.35 bits per heavy atom. The molecule has 1 N–H and O–H groups in total. The number of nitrogens with one attached hydrogen (secondary N) is 1. The molecule has 0 aliphatic carbocycles. The van der Waals surface area contributed by atoms with Crippen molar-refractivity contribution in [3.8, 4) is 23.0 Å². The molecule has 75 heavy (non-hydrogen) atoms. The van der Waals surface area contributed by atoms with Gasteiger partial charge in [0.05, 0.1) is 41.9 Å². The maximum absolute atomic E-state index is 14.5. The van der Waals surface area contributed by atoms with Crippen LogP contribution >= 0.6 is 22.9 Å². The Balaban J connectivity index is 1.00. The number of imidazole rings is 1. The zero-order valence-electron chi connectivity index (χ0n) is 41.2. The Bertz CT molecular complexity index is 3040. The zero-order chi connectivity index (χ0) is 53.3. The van der Waals surface area contributed by atoms with Gasteiger partial charge in [-0.1, -0.05) is 41.0 Å². The van der Waals surface area contributed by atoms with Gasteiger partial charge in [-0.2, -0.15) is 0 Å². The van der Waals surface area contributed by atoms with Crippen molar-refractivity contribution >= 4 is 99.5 Å². The second kappa shape index (κ2) is 24.3. The molecule has 2 aromatic heterocycles. The molecule has 0 saturated carbocycles. The van der Waals surface area contributed by atoms with Crippen molar-refractivity contribution in [1.82, 2.24) is 24.7 Å². The first-order valence-corrected chi connectivity index (χ1v) is 25.7. The molecule has 5 aromatic rings. The molecule has 3 aliphatic rings. The maximum Gasteiger partial charge on any atom is 0.347 e. The molecule has 388 valence electrons. The van der Waals surface area contributed by atoms with Gasteiger partial charge in [0, 0.05) is 11.7 Å². The van der Waals surface area contributed by atoms with Crippen LogP contribution in [0.15, 0.2) is 94.9 Å². The first-order valence-electron chi connectivity index (χ1n) is 23.1. The van der Waals surface area contributed by atoms with Crippen molar-refractivity contribution < 1.29 is 75.6 Å². The van der Waals surface area contributed by atoms with E-state index < -0.39 is 58.2 Å². The molecule has 8 rings (SSSR count). The van der Waals surface area contributed by atoms with Crippen LogP contribution in [-0.2, 0) is 86.8 Å². The Morgan fingerprint density at radius 2 is 1.72 bits per heavy atom. The molecule has 1 fully saturated rings. The maximum atomic E-state index is 14.5. The molecule has 0 bridgehead atoms. The first kappa shape index (κ1) is 53.8. The lowest BCUT2D eigenvalue weighted by molar-refractivity contribution is -0.710. The van der Waals surface area contributed by atoms with Crippen LogP contribution < -0.4 is 28.8 Å². The summed E-state index contributed by atoms with van der Waals surface area (Å²) in [4.78, 5) is 91.5. The zero-order valence-corrected chi connectivity index (χ0v) is 43.6. The standard InChI is InChI=1S/C47H47B3ClN7O15S2/c1-26-52-33(23-74-26)38(54-73-35(46(63)71-48)18-50-70-25-59)42(60)53-39-44(62)58-40(47(64)72-49)29(24-75(65)45(39)58)19-56-16-14-55-15-17-57(20-36(55)56)43(61)32-12-13-34(68-21-27-4-8-30(66-2)9-5-27)41(37(32)51)69-22-28-6-10-31(67-3)11-7-28/h4-14,16,23,25,35,39,45,50H,15,17-22,24,48-49H2,1-3H3/p+1/b54-38-/t35-,39+,45+,75?/m0/s1. The van der Waals surface area contributed by atoms with Gasteiger partial charge in [0.15, 0.2) is 23.3 Å². The van der Waals surface area contributed by atoms with Gasteiger partial charge < -0.3 is 52.5 Å². The number of nitrogens with zero attached hydrogens (tertiary/aromatic N) is 6. The van der Waals surface area contributed by atoms with E-state index in [1.54, 1.807) is 61.1 Å². The molecule has 0 spiro atoms. The lowest BCUT2D eigenvalue weighted by Gasteiger charge is -2.49. The van der Waals surface area contributed by atoms with Crippen LogP contribution in [0.1, 0.15) is 38.0 Å². The third-order valence-corrected chi connectivity index (χ3v) is 15.1. The van der Waals surface area contributed by atoms with Gasteiger partial charge in [-0.3, -0.25) is 24.1 Å². The SMILES string of the molecule is BOC(=O)C1=C(Cn2cc[n+]3c2CN(C(=O)c2ccc(OCc4ccc(OC)cc4)c(OCc4ccc(OC)cc4)c2Cl)CC3)C[S+]([O-])[C@@H]2[C@H](NC(=O)/C(=N\O[C@@H](CBOC=O)C(=O)OB)c3csc(C)n3)C(=O)N12. The van der Waals surface area contributed by atoms with Gasteiger partial charge in [-0.05, 0) is 65.6 Å². The van der Waals surface area contributed by atoms with Crippen molar-refractivity contribution in [2.24, 2.45) is 5.16 Å². The van der Waals surface area contributed by atoms with Crippen molar-refractivity contribution in [2.45, 2.75) is 63.6 Å². The number of ether oxygens (including phenoxy) is 4. The number of benzene rings is 3. The number of thiazole rings is 1. The quantitative estimate of drug-likeness (QED) is 0.0146. The normalized spacial score (nSPS) is 17.3. The predicted octanol–water partition coefficient (Wildman–Crippen LogP) is 0.610. The summed E-state index contributed by atoms with van der Waals surface area (Å²) in [6, 6.07) is 16.6. The van der Waals surface area contributed by atoms with Gasteiger partial charge in [0.25, 0.3) is 30.0 Å². The summed E-state index contributed by atoms with van der Waals surface area (Å²) >= 11 is 6.40. The fraction of sp³-hybridized carbons (Fsp3) is 0.298. The average molecular weight is 1080 g/mol. The Hall–Kier alpha value is -7.48. The van der Waals surface area contributed by atoms with Gasteiger partial charge in [0.2, 0.25) is 11.5 Å². The second-order valence-electron chi connectivity index (χ2n) is 16.9. The van der Waals surface area contributed by atoms with E-state index >= 15 is 0 Å². The summed E-state index contributed by atoms with van der Waals surface area (Å²) in [6.45, 7) is 2.94. The number of rotatable bonds is 22. The number of aromatic nitrogens is 3. The summed E-state index contributed by atoms with van der Waals surface area (Å²) < 4.78 is 55.6. The molecule has 3 amide bonds. The minimum atomic E-state index is -1.88. The highest BCUT2D eigenvalue weighted by atomic mass is 35.5.